The van der Waals surface area contributed by atoms with Crippen LogP contribution in [-0.4, -0.2) is 17.7 Å². The Hall–Kier alpha value is -1.42. The number of alkyl carbamates (subject to hydrolysis) is 1. The maximum absolute atomic E-state index is 11.0. The summed E-state index contributed by atoms with van der Waals surface area (Å²) in [5.74, 6) is 0. The van der Waals surface area contributed by atoms with Crippen molar-refractivity contribution in [3.8, 4) is 0 Å². The highest BCUT2D eigenvalue weighted by atomic mass is 32.1. The van der Waals surface area contributed by atoms with Crippen molar-refractivity contribution in [1.29, 1.82) is 0 Å². The van der Waals surface area contributed by atoms with Crippen molar-refractivity contribution in [2.45, 2.75) is 6.92 Å². The predicted octanol–water partition coefficient (Wildman–Crippen LogP) is 2.11. The topological polar surface area (TPSA) is 38.3 Å². The summed E-state index contributed by atoms with van der Waals surface area (Å²) in [6.45, 7) is 2.08. The minimum absolute atomic E-state index is 0.337. The summed E-state index contributed by atoms with van der Waals surface area (Å²) < 4.78 is 4.70. The van der Waals surface area contributed by atoms with Crippen LogP contribution in [-0.2, 0) is 4.74 Å². The third kappa shape index (κ3) is 3.14. The minimum Gasteiger partial charge on any atom is -0.450 e. The Morgan fingerprint density at radius 3 is 2.64 bits per heavy atom. The summed E-state index contributed by atoms with van der Waals surface area (Å²) in [6, 6.07) is 9.25. The number of benzene rings is 1. The molecule has 0 aliphatic carbocycles. The fraction of sp³-hybridized carbons (Fsp3) is 0.200. The molecule has 3 nitrogen and oxygen atoms in total. The molecule has 0 atom stereocenters. The molecular formula is C10H11NO2S. The average molecular weight is 209 g/mol. The van der Waals surface area contributed by atoms with Gasteiger partial charge in [-0.25, -0.2) is 4.79 Å². The molecule has 0 saturated carbocycles. The molecule has 1 amide bonds. The van der Waals surface area contributed by atoms with Gasteiger partial charge in [-0.3, -0.25) is 5.32 Å². The number of amides is 1. The van der Waals surface area contributed by atoms with Gasteiger partial charge in [0.15, 0.2) is 0 Å². The van der Waals surface area contributed by atoms with Crippen LogP contribution in [0, 0.1) is 0 Å². The van der Waals surface area contributed by atoms with Gasteiger partial charge in [0.25, 0.3) is 0 Å². The van der Waals surface area contributed by atoms with Gasteiger partial charge < -0.3 is 4.74 Å². The van der Waals surface area contributed by atoms with Gasteiger partial charge in [-0.1, -0.05) is 42.5 Å². The quantitative estimate of drug-likeness (QED) is 0.758. The third-order valence-electron chi connectivity index (χ3n) is 1.53. The van der Waals surface area contributed by atoms with Gasteiger partial charge in [-0.2, -0.15) is 0 Å². The second-order valence-electron chi connectivity index (χ2n) is 2.54. The molecule has 0 fully saturated rings. The smallest absolute Gasteiger partial charge is 0.412 e. The number of nitrogens with one attached hydrogen (secondary N) is 1. The lowest BCUT2D eigenvalue weighted by Gasteiger charge is -2.05. The fourth-order valence-electron chi connectivity index (χ4n) is 0.922. The van der Waals surface area contributed by atoms with E-state index in [2.05, 4.69) is 5.32 Å². The van der Waals surface area contributed by atoms with Crippen LogP contribution in [0.15, 0.2) is 30.3 Å². The van der Waals surface area contributed by atoms with E-state index in [-0.39, 0.29) is 0 Å². The first-order valence-corrected chi connectivity index (χ1v) is 4.68. The molecule has 0 spiro atoms. The Labute approximate surface area is 88.1 Å². The highest BCUT2D eigenvalue weighted by Gasteiger charge is 2.05. The van der Waals surface area contributed by atoms with Crippen molar-refractivity contribution >= 4 is 23.3 Å². The Morgan fingerprint density at radius 2 is 2.07 bits per heavy atom. The van der Waals surface area contributed by atoms with Gasteiger partial charge in [0.05, 0.1) is 6.61 Å². The minimum atomic E-state index is -0.513. The SMILES string of the molecule is CCOC(=O)NC(=S)c1ccccc1. The van der Waals surface area contributed by atoms with Crippen LogP contribution in [0.1, 0.15) is 12.5 Å². The molecular weight excluding hydrogens is 198 g/mol. The van der Waals surface area contributed by atoms with E-state index in [1.54, 1.807) is 6.92 Å². The third-order valence-corrected chi connectivity index (χ3v) is 1.86. The lowest BCUT2D eigenvalue weighted by atomic mass is 10.2. The summed E-state index contributed by atoms with van der Waals surface area (Å²) >= 11 is 5.00. The molecule has 0 heterocycles. The van der Waals surface area contributed by atoms with E-state index in [1.807, 2.05) is 30.3 Å². The zero-order chi connectivity index (χ0) is 10.4. The highest BCUT2D eigenvalue weighted by Crippen LogP contribution is 1.99. The van der Waals surface area contributed by atoms with Crippen molar-refractivity contribution in [1.82, 2.24) is 5.32 Å². The molecule has 1 aromatic carbocycles. The van der Waals surface area contributed by atoms with E-state index in [0.717, 1.165) is 5.56 Å². The van der Waals surface area contributed by atoms with Crippen LogP contribution >= 0.6 is 12.2 Å². The number of hydrogen-bond donors (Lipinski definition) is 1. The summed E-state index contributed by atoms with van der Waals surface area (Å²) in [5.41, 5.74) is 0.801. The highest BCUT2D eigenvalue weighted by molar-refractivity contribution is 7.80. The van der Waals surface area contributed by atoms with Gasteiger partial charge in [-0.05, 0) is 6.92 Å². The second kappa shape index (κ2) is 5.34. The molecule has 0 saturated heterocycles. The molecule has 0 bridgehead atoms. The zero-order valence-corrected chi connectivity index (χ0v) is 8.64. The Balaban J connectivity index is 2.55. The van der Waals surface area contributed by atoms with E-state index in [0.29, 0.717) is 11.6 Å². The molecule has 1 aromatic rings. The number of thiocarbonyl (C=S) groups is 1. The molecule has 0 radical (unpaired) electrons. The van der Waals surface area contributed by atoms with Crippen LogP contribution in [0.2, 0.25) is 0 Å². The molecule has 1 rings (SSSR count). The number of ether oxygens (including phenoxy) is 1. The Bertz CT molecular complexity index is 324. The van der Waals surface area contributed by atoms with Crippen LogP contribution in [0.3, 0.4) is 0 Å². The molecule has 0 unspecified atom stereocenters. The fourth-order valence-corrected chi connectivity index (χ4v) is 1.14. The molecule has 0 aliphatic rings. The van der Waals surface area contributed by atoms with Gasteiger partial charge in [0, 0.05) is 5.56 Å². The van der Waals surface area contributed by atoms with Crippen molar-refractivity contribution in [2.24, 2.45) is 0 Å². The van der Waals surface area contributed by atoms with Crippen molar-refractivity contribution in [2.75, 3.05) is 6.61 Å². The zero-order valence-electron chi connectivity index (χ0n) is 7.82. The van der Waals surface area contributed by atoms with E-state index in [9.17, 15) is 4.79 Å². The molecule has 14 heavy (non-hydrogen) atoms. The molecule has 74 valence electrons. The first-order chi connectivity index (χ1) is 6.74. The van der Waals surface area contributed by atoms with Gasteiger partial charge >= 0.3 is 6.09 Å². The van der Waals surface area contributed by atoms with Crippen molar-refractivity contribution in [3.63, 3.8) is 0 Å². The van der Waals surface area contributed by atoms with E-state index in [4.69, 9.17) is 17.0 Å². The average Bonchev–Trinajstić information content (AvgIpc) is 2.19. The Morgan fingerprint density at radius 1 is 1.43 bits per heavy atom. The van der Waals surface area contributed by atoms with Crippen molar-refractivity contribution < 1.29 is 9.53 Å². The maximum atomic E-state index is 11.0. The molecule has 0 aliphatic heterocycles. The van der Waals surface area contributed by atoms with Crippen LogP contribution < -0.4 is 5.32 Å². The summed E-state index contributed by atoms with van der Waals surface area (Å²) in [4.78, 5) is 11.4. The summed E-state index contributed by atoms with van der Waals surface area (Å²) in [5, 5.41) is 2.47. The number of carbonyl (C=O) groups excluding carboxylic acids is 1. The standard InChI is InChI=1S/C10H11NO2S/c1-2-13-10(12)11-9(14)8-6-4-3-5-7-8/h3-7H,2H2,1H3,(H,11,12,14). The van der Waals surface area contributed by atoms with Gasteiger partial charge in [-0.15, -0.1) is 0 Å². The van der Waals surface area contributed by atoms with E-state index < -0.39 is 6.09 Å². The summed E-state index contributed by atoms with van der Waals surface area (Å²) in [6.07, 6.45) is -0.513. The monoisotopic (exact) mass is 209 g/mol. The lowest BCUT2D eigenvalue weighted by Crippen LogP contribution is -2.30. The van der Waals surface area contributed by atoms with Crippen LogP contribution in [0.5, 0.6) is 0 Å². The molecule has 1 N–H and O–H groups in total. The first-order valence-electron chi connectivity index (χ1n) is 4.27. The van der Waals surface area contributed by atoms with E-state index >= 15 is 0 Å². The number of rotatable bonds is 2. The van der Waals surface area contributed by atoms with Crippen LogP contribution in [0.25, 0.3) is 0 Å². The predicted molar refractivity (Wildman–Crippen MR) is 58.3 cm³/mol. The lowest BCUT2D eigenvalue weighted by molar-refractivity contribution is 0.158. The molecule has 4 heteroatoms. The van der Waals surface area contributed by atoms with Crippen molar-refractivity contribution in [3.05, 3.63) is 35.9 Å². The second-order valence-corrected chi connectivity index (χ2v) is 2.95. The maximum Gasteiger partial charge on any atom is 0.412 e. The normalized spacial score (nSPS) is 9.21. The first kappa shape index (κ1) is 10.7. The van der Waals surface area contributed by atoms with E-state index in [1.165, 1.54) is 0 Å². The van der Waals surface area contributed by atoms with Gasteiger partial charge in [0.2, 0.25) is 0 Å². The largest absolute Gasteiger partial charge is 0.450 e. The number of carbonyl (C=O) groups is 1. The summed E-state index contributed by atoms with van der Waals surface area (Å²) in [7, 11) is 0. The number of hydrogen-bond acceptors (Lipinski definition) is 3. The molecule has 0 aromatic heterocycles. The van der Waals surface area contributed by atoms with Gasteiger partial charge in [0.1, 0.15) is 4.99 Å². The van der Waals surface area contributed by atoms with Crippen LogP contribution in [0.4, 0.5) is 4.79 Å². The Kier molecular flexibility index (Phi) is 4.07.